The van der Waals surface area contributed by atoms with E-state index in [1.165, 1.54) is 0 Å². The minimum Gasteiger partial charge on any atom is -0.494 e. The van der Waals surface area contributed by atoms with Crippen LogP contribution >= 0.6 is 0 Å². The van der Waals surface area contributed by atoms with Crippen molar-refractivity contribution in [2.75, 3.05) is 19.8 Å². The Labute approximate surface area is 165 Å². The number of esters is 1. The number of benzene rings is 2. The normalized spacial score (nSPS) is 11.4. The van der Waals surface area contributed by atoms with Crippen LogP contribution in [0, 0.1) is 0 Å². The molecular formula is C22H27NO5. The first-order valence-electron chi connectivity index (χ1n) is 9.48. The molecule has 0 aromatic heterocycles. The van der Waals surface area contributed by atoms with Crippen LogP contribution in [0.25, 0.3) is 0 Å². The van der Waals surface area contributed by atoms with E-state index in [-0.39, 0.29) is 25.2 Å². The van der Waals surface area contributed by atoms with E-state index in [1.54, 1.807) is 24.3 Å². The highest BCUT2D eigenvalue weighted by molar-refractivity contribution is 5.81. The molecule has 0 aliphatic carbocycles. The van der Waals surface area contributed by atoms with Crippen LogP contribution in [-0.2, 0) is 14.3 Å². The quantitative estimate of drug-likeness (QED) is 0.598. The van der Waals surface area contributed by atoms with Crippen LogP contribution in [0.5, 0.6) is 11.5 Å². The topological polar surface area (TPSA) is 73.9 Å². The molecule has 0 aliphatic heterocycles. The van der Waals surface area contributed by atoms with Gasteiger partial charge >= 0.3 is 5.97 Å². The van der Waals surface area contributed by atoms with Crippen LogP contribution in [0.4, 0.5) is 0 Å². The fourth-order valence-corrected chi connectivity index (χ4v) is 2.66. The number of rotatable bonds is 11. The third-order valence-electron chi connectivity index (χ3n) is 3.97. The average molecular weight is 385 g/mol. The van der Waals surface area contributed by atoms with Crippen molar-refractivity contribution in [2.24, 2.45) is 0 Å². The van der Waals surface area contributed by atoms with Crippen LogP contribution in [-0.4, -0.2) is 31.7 Å². The fourth-order valence-electron chi connectivity index (χ4n) is 2.66. The summed E-state index contributed by atoms with van der Waals surface area (Å²) in [7, 11) is 0. The van der Waals surface area contributed by atoms with Crippen LogP contribution in [0.2, 0.25) is 0 Å². The number of carbonyl (C=O) groups excluding carboxylic acids is 2. The van der Waals surface area contributed by atoms with E-state index in [9.17, 15) is 9.59 Å². The Morgan fingerprint density at radius 1 is 0.893 bits per heavy atom. The Bertz CT molecular complexity index is 730. The number of carbonyl (C=O) groups is 2. The number of hydrogen-bond acceptors (Lipinski definition) is 5. The Balaban J connectivity index is 1.74. The van der Waals surface area contributed by atoms with Gasteiger partial charge in [-0.3, -0.25) is 4.79 Å². The lowest BCUT2D eigenvalue weighted by Crippen LogP contribution is -2.33. The molecule has 0 bridgehead atoms. The van der Waals surface area contributed by atoms with Crippen molar-refractivity contribution in [3.8, 4) is 11.5 Å². The molecule has 0 aliphatic rings. The van der Waals surface area contributed by atoms with E-state index in [0.29, 0.717) is 12.4 Å². The maximum absolute atomic E-state index is 12.1. The molecule has 0 radical (unpaired) electrons. The zero-order valence-electron chi connectivity index (χ0n) is 16.4. The number of nitrogens with one attached hydrogen (secondary N) is 1. The SMILES string of the molecule is CCC[C@@H](NC(=O)COC(=O)COc1ccc(OCC)cc1)c1ccccc1. The zero-order valence-corrected chi connectivity index (χ0v) is 16.4. The minimum absolute atomic E-state index is 0.0995. The lowest BCUT2D eigenvalue weighted by atomic mass is 10.0. The second-order valence-electron chi connectivity index (χ2n) is 6.17. The second-order valence-corrected chi connectivity index (χ2v) is 6.17. The van der Waals surface area contributed by atoms with E-state index < -0.39 is 5.97 Å². The predicted octanol–water partition coefficient (Wildman–Crippen LogP) is 3.66. The summed E-state index contributed by atoms with van der Waals surface area (Å²) in [6.07, 6.45) is 1.74. The Hall–Kier alpha value is -3.02. The molecule has 1 atom stereocenters. The molecule has 1 amide bonds. The molecule has 0 heterocycles. The Morgan fingerprint density at radius 3 is 2.14 bits per heavy atom. The van der Waals surface area contributed by atoms with Gasteiger partial charge < -0.3 is 19.5 Å². The number of amides is 1. The molecule has 0 unspecified atom stereocenters. The van der Waals surface area contributed by atoms with Gasteiger partial charge in [-0.05, 0) is 43.2 Å². The van der Waals surface area contributed by atoms with Gasteiger partial charge in [-0.25, -0.2) is 4.79 Å². The van der Waals surface area contributed by atoms with Gasteiger partial charge in [0.25, 0.3) is 5.91 Å². The molecule has 2 aromatic carbocycles. The highest BCUT2D eigenvalue weighted by atomic mass is 16.6. The molecule has 6 nitrogen and oxygen atoms in total. The Kier molecular flexibility index (Phi) is 8.85. The van der Waals surface area contributed by atoms with Crippen LogP contribution < -0.4 is 14.8 Å². The van der Waals surface area contributed by atoms with Gasteiger partial charge in [-0.1, -0.05) is 43.7 Å². The van der Waals surface area contributed by atoms with E-state index in [4.69, 9.17) is 14.2 Å². The van der Waals surface area contributed by atoms with Gasteiger partial charge in [0, 0.05) is 0 Å². The third-order valence-corrected chi connectivity index (χ3v) is 3.97. The van der Waals surface area contributed by atoms with Crippen LogP contribution in [0.1, 0.15) is 38.3 Å². The first-order chi connectivity index (χ1) is 13.6. The minimum atomic E-state index is -0.601. The summed E-state index contributed by atoms with van der Waals surface area (Å²) in [5.74, 6) is 0.318. The van der Waals surface area contributed by atoms with E-state index in [1.807, 2.05) is 37.3 Å². The highest BCUT2D eigenvalue weighted by Gasteiger charge is 2.15. The molecule has 0 spiro atoms. The summed E-state index contributed by atoms with van der Waals surface area (Å²) in [4.78, 5) is 24.0. The number of ether oxygens (including phenoxy) is 3. The summed E-state index contributed by atoms with van der Waals surface area (Å²) in [6.45, 7) is 3.94. The smallest absolute Gasteiger partial charge is 0.344 e. The van der Waals surface area contributed by atoms with Gasteiger partial charge in [0.2, 0.25) is 0 Å². The van der Waals surface area contributed by atoms with Gasteiger partial charge in [-0.15, -0.1) is 0 Å². The Morgan fingerprint density at radius 2 is 1.54 bits per heavy atom. The zero-order chi connectivity index (χ0) is 20.2. The largest absolute Gasteiger partial charge is 0.494 e. The summed E-state index contributed by atoms with van der Waals surface area (Å²) in [6, 6.07) is 16.6. The number of hydrogen-bond donors (Lipinski definition) is 1. The van der Waals surface area contributed by atoms with Crippen molar-refractivity contribution in [3.63, 3.8) is 0 Å². The van der Waals surface area contributed by atoms with E-state index in [2.05, 4.69) is 12.2 Å². The lowest BCUT2D eigenvalue weighted by molar-refractivity contribution is -0.150. The van der Waals surface area contributed by atoms with Gasteiger partial charge in [0.05, 0.1) is 12.6 Å². The maximum atomic E-state index is 12.1. The highest BCUT2D eigenvalue weighted by Crippen LogP contribution is 2.18. The summed E-state index contributed by atoms with van der Waals surface area (Å²) in [5.41, 5.74) is 1.03. The van der Waals surface area contributed by atoms with E-state index >= 15 is 0 Å². The summed E-state index contributed by atoms with van der Waals surface area (Å²) in [5, 5.41) is 2.91. The fraction of sp³-hybridized carbons (Fsp3) is 0.364. The molecule has 2 aromatic rings. The molecular weight excluding hydrogens is 358 g/mol. The van der Waals surface area contributed by atoms with Crippen molar-refractivity contribution >= 4 is 11.9 Å². The first kappa shape index (κ1) is 21.3. The van der Waals surface area contributed by atoms with Gasteiger partial charge in [-0.2, -0.15) is 0 Å². The third kappa shape index (κ3) is 7.31. The maximum Gasteiger partial charge on any atom is 0.344 e. The average Bonchev–Trinajstić information content (AvgIpc) is 2.72. The molecule has 0 fully saturated rings. The molecule has 28 heavy (non-hydrogen) atoms. The summed E-state index contributed by atoms with van der Waals surface area (Å²) >= 11 is 0. The van der Waals surface area contributed by atoms with Gasteiger partial charge in [0.15, 0.2) is 13.2 Å². The molecule has 1 N–H and O–H groups in total. The van der Waals surface area contributed by atoms with Gasteiger partial charge in [0.1, 0.15) is 11.5 Å². The van der Waals surface area contributed by atoms with Crippen molar-refractivity contribution in [3.05, 3.63) is 60.2 Å². The molecule has 2 rings (SSSR count). The lowest BCUT2D eigenvalue weighted by Gasteiger charge is -2.18. The van der Waals surface area contributed by atoms with Crippen LogP contribution in [0.3, 0.4) is 0 Å². The van der Waals surface area contributed by atoms with E-state index in [0.717, 1.165) is 24.2 Å². The molecule has 0 saturated carbocycles. The van der Waals surface area contributed by atoms with Crippen molar-refractivity contribution in [1.82, 2.24) is 5.32 Å². The molecule has 150 valence electrons. The molecule has 0 saturated heterocycles. The van der Waals surface area contributed by atoms with Crippen LogP contribution in [0.15, 0.2) is 54.6 Å². The second kappa shape index (κ2) is 11.6. The predicted molar refractivity (Wildman–Crippen MR) is 106 cm³/mol. The summed E-state index contributed by atoms with van der Waals surface area (Å²) < 4.78 is 15.7. The molecule has 6 heteroatoms. The standard InChI is InChI=1S/C22H27NO5/c1-3-8-20(17-9-6-5-7-10-17)23-21(24)15-28-22(25)16-27-19-13-11-18(12-14-19)26-4-2/h5-7,9-14,20H,3-4,8,15-16H2,1-2H3,(H,23,24)/t20-/m1/s1. The monoisotopic (exact) mass is 385 g/mol. The first-order valence-corrected chi connectivity index (χ1v) is 9.48. The van der Waals surface area contributed by atoms with Crippen molar-refractivity contribution in [2.45, 2.75) is 32.7 Å². The van der Waals surface area contributed by atoms with Crippen molar-refractivity contribution < 1.29 is 23.8 Å². The van der Waals surface area contributed by atoms with Crippen molar-refractivity contribution in [1.29, 1.82) is 0 Å².